The van der Waals surface area contributed by atoms with Crippen LogP contribution in [0.5, 0.6) is 0 Å². The molecule has 0 amide bonds. The predicted octanol–water partition coefficient (Wildman–Crippen LogP) is 2.77. The lowest BCUT2D eigenvalue weighted by Gasteiger charge is -2.27. The van der Waals surface area contributed by atoms with Gasteiger partial charge in [0.1, 0.15) is 0 Å². The SMILES string of the molecule is Cl.Cl.O=S(=O)(NCCCN1CCNCC1)c1ccc(-c2ccccc2)cc1. The summed E-state index contributed by atoms with van der Waals surface area (Å²) in [7, 11) is -3.44. The Hall–Kier alpha value is -1.15. The fourth-order valence-corrected chi connectivity index (χ4v) is 4.06. The van der Waals surface area contributed by atoms with Gasteiger partial charge in [-0.1, -0.05) is 42.5 Å². The Bertz CT molecular complexity index is 765. The smallest absolute Gasteiger partial charge is 0.240 e. The lowest BCUT2D eigenvalue weighted by atomic mass is 10.1. The highest BCUT2D eigenvalue weighted by molar-refractivity contribution is 7.89. The highest BCUT2D eigenvalue weighted by Gasteiger charge is 2.14. The van der Waals surface area contributed by atoms with E-state index in [1.165, 1.54) is 0 Å². The largest absolute Gasteiger partial charge is 0.314 e. The van der Waals surface area contributed by atoms with E-state index < -0.39 is 10.0 Å². The Morgan fingerprint density at radius 2 is 1.48 bits per heavy atom. The van der Waals surface area contributed by atoms with Gasteiger partial charge in [0, 0.05) is 32.7 Å². The lowest BCUT2D eigenvalue weighted by Crippen LogP contribution is -2.44. The van der Waals surface area contributed by atoms with Crippen LogP contribution in [-0.4, -0.2) is 52.6 Å². The summed E-state index contributed by atoms with van der Waals surface area (Å²) in [6.07, 6.45) is 0.821. The third kappa shape index (κ3) is 7.07. The van der Waals surface area contributed by atoms with Crippen molar-refractivity contribution in [2.24, 2.45) is 0 Å². The van der Waals surface area contributed by atoms with Crippen LogP contribution in [0.4, 0.5) is 0 Å². The van der Waals surface area contributed by atoms with E-state index in [0.717, 1.165) is 50.3 Å². The van der Waals surface area contributed by atoms with E-state index in [1.54, 1.807) is 12.1 Å². The van der Waals surface area contributed by atoms with Crippen LogP contribution in [0.3, 0.4) is 0 Å². The highest BCUT2D eigenvalue weighted by atomic mass is 35.5. The molecule has 3 rings (SSSR count). The van der Waals surface area contributed by atoms with Gasteiger partial charge < -0.3 is 10.2 Å². The zero-order valence-electron chi connectivity index (χ0n) is 15.1. The minimum Gasteiger partial charge on any atom is -0.314 e. The Kier molecular flexibility index (Phi) is 10.3. The molecule has 2 aromatic rings. The van der Waals surface area contributed by atoms with E-state index in [-0.39, 0.29) is 24.8 Å². The molecule has 0 aliphatic carbocycles. The van der Waals surface area contributed by atoms with Crippen molar-refractivity contribution < 1.29 is 8.42 Å². The summed E-state index contributed by atoms with van der Waals surface area (Å²) in [5.41, 5.74) is 2.09. The van der Waals surface area contributed by atoms with Crippen LogP contribution in [0, 0.1) is 0 Å². The van der Waals surface area contributed by atoms with Crippen LogP contribution in [0.1, 0.15) is 6.42 Å². The molecule has 1 aliphatic rings. The third-order valence-corrected chi connectivity index (χ3v) is 5.90. The van der Waals surface area contributed by atoms with Gasteiger partial charge in [-0.05, 0) is 36.2 Å². The molecule has 2 aromatic carbocycles. The fourth-order valence-electron chi connectivity index (χ4n) is 2.98. The van der Waals surface area contributed by atoms with Crippen LogP contribution in [0.25, 0.3) is 11.1 Å². The summed E-state index contributed by atoms with van der Waals surface area (Å²) in [5.74, 6) is 0. The molecular formula is C19H27Cl2N3O2S. The predicted molar refractivity (Wildman–Crippen MR) is 115 cm³/mol. The lowest BCUT2D eigenvalue weighted by molar-refractivity contribution is 0.239. The van der Waals surface area contributed by atoms with E-state index >= 15 is 0 Å². The van der Waals surface area contributed by atoms with E-state index in [9.17, 15) is 8.42 Å². The molecule has 1 saturated heterocycles. The average Bonchev–Trinajstić information content (AvgIpc) is 2.67. The number of nitrogens with one attached hydrogen (secondary N) is 2. The Morgan fingerprint density at radius 3 is 2.11 bits per heavy atom. The van der Waals surface area contributed by atoms with Crippen molar-refractivity contribution in [3.8, 4) is 11.1 Å². The molecule has 0 aromatic heterocycles. The zero-order valence-corrected chi connectivity index (χ0v) is 17.6. The number of rotatable bonds is 7. The van der Waals surface area contributed by atoms with Gasteiger partial charge in [-0.2, -0.15) is 0 Å². The molecule has 5 nitrogen and oxygen atoms in total. The second-order valence-corrected chi connectivity index (χ2v) is 8.00. The number of nitrogens with zero attached hydrogens (tertiary/aromatic N) is 1. The number of halogens is 2. The minimum atomic E-state index is -3.44. The third-order valence-electron chi connectivity index (χ3n) is 4.42. The number of sulfonamides is 1. The molecule has 1 fully saturated rings. The monoisotopic (exact) mass is 431 g/mol. The van der Waals surface area contributed by atoms with E-state index in [4.69, 9.17) is 0 Å². The normalized spacial score (nSPS) is 14.8. The molecular weight excluding hydrogens is 405 g/mol. The number of benzene rings is 2. The van der Waals surface area contributed by atoms with Gasteiger partial charge >= 0.3 is 0 Å². The van der Waals surface area contributed by atoms with Crippen molar-refractivity contribution in [2.45, 2.75) is 11.3 Å². The molecule has 0 bridgehead atoms. The van der Waals surface area contributed by atoms with E-state index in [0.29, 0.717) is 11.4 Å². The first-order valence-corrected chi connectivity index (χ1v) is 10.2. The van der Waals surface area contributed by atoms with Gasteiger partial charge in [0.15, 0.2) is 0 Å². The Morgan fingerprint density at radius 1 is 0.889 bits per heavy atom. The average molecular weight is 432 g/mol. The Balaban J connectivity index is 0.00000182. The first-order valence-electron chi connectivity index (χ1n) is 8.73. The topological polar surface area (TPSA) is 61.4 Å². The maximum Gasteiger partial charge on any atom is 0.240 e. The van der Waals surface area contributed by atoms with Gasteiger partial charge in [-0.15, -0.1) is 24.8 Å². The van der Waals surface area contributed by atoms with Crippen LogP contribution in [-0.2, 0) is 10.0 Å². The van der Waals surface area contributed by atoms with E-state index in [1.807, 2.05) is 42.5 Å². The van der Waals surface area contributed by atoms with E-state index in [2.05, 4.69) is 14.9 Å². The summed E-state index contributed by atoms with van der Waals surface area (Å²) in [6, 6.07) is 17.0. The second-order valence-electron chi connectivity index (χ2n) is 6.23. The molecule has 150 valence electrons. The highest BCUT2D eigenvalue weighted by Crippen LogP contribution is 2.20. The summed E-state index contributed by atoms with van der Waals surface area (Å²) in [5, 5.41) is 3.31. The summed E-state index contributed by atoms with van der Waals surface area (Å²) in [6.45, 7) is 5.49. The maximum absolute atomic E-state index is 12.4. The zero-order chi connectivity index (χ0) is 17.5. The molecule has 1 heterocycles. The molecule has 1 aliphatic heterocycles. The van der Waals surface area contributed by atoms with Gasteiger partial charge in [0.2, 0.25) is 10.0 Å². The number of piperazine rings is 1. The second kappa shape index (κ2) is 11.6. The first-order chi connectivity index (χ1) is 12.1. The summed E-state index contributed by atoms with van der Waals surface area (Å²) < 4.78 is 27.5. The van der Waals surface area contributed by atoms with Gasteiger partial charge in [-0.25, -0.2) is 13.1 Å². The van der Waals surface area contributed by atoms with Crippen LogP contribution >= 0.6 is 24.8 Å². The van der Waals surface area contributed by atoms with Crippen LogP contribution in [0.15, 0.2) is 59.5 Å². The van der Waals surface area contributed by atoms with Crippen molar-refractivity contribution in [1.82, 2.24) is 14.9 Å². The van der Waals surface area contributed by atoms with Crippen LogP contribution in [0.2, 0.25) is 0 Å². The minimum absolute atomic E-state index is 0. The molecule has 0 radical (unpaired) electrons. The summed E-state index contributed by atoms with van der Waals surface area (Å²) in [4.78, 5) is 2.67. The molecule has 0 saturated carbocycles. The quantitative estimate of drug-likeness (QED) is 0.661. The maximum atomic E-state index is 12.4. The van der Waals surface area contributed by atoms with Crippen molar-refractivity contribution in [3.05, 3.63) is 54.6 Å². The van der Waals surface area contributed by atoms with Gasteiger partial charge in [-0.3, -0.25) is 0 Å². The molecule has 0 atom stereocenters. The molecule has 2 N–H and O–H groups in total. The van der Waals surface area contributed by atoms with Crippen LogP contribution < -0.4 is 10.0 Å². The fraction of sp³-hybridized carbons (Fsp3) is 0.368. The molecule has 0 spiro atoms. The number of hydrogen-bond donors (Lipinski definition) is 2. The molecule has 27 heavy (non-hydrogen) atoms. The molecule has 0 unspecified atom stereocenters. The Labute approximate surface area is 174 Å². The van der Waals surface area contributed by atoms with Gasteiger partial charge in [0.05, 0.1) is 4.90 Å². The summed E-state index contributed by atoms with van der Waals surface area (Å²) >= 11 is 0. The first kappa shape index (κ1) is 23.9. The number of hydrogen-bond acceptors (Lipinski definition) is 4. The van der Waals surface area contributed by atoms with Crippen molar-refractivity contribution in [2.75, 3.05) is 39.3 Å². The molecule has 8 heteroatoms. The van der Waals surface area contributed by atoms with Crippen molar-refractivity contribution in [3.63, 3.8) is 0 Å². The van der Waals surface area contributed by atoms with Crippen molar-refractivity contribution >= 4 is 34.8 Å². The standard InChI is InChI=1S/C19H25N3O2S.2ClH/c23-25(24,21-11-4-14-22-15-12-20-13-16-22)19-9-7-18(8-10-19)17-5-2-1-3-6-17;;/h1-3,5-10,20-21H,4,11-16H2;2*1H. The van der Waals surface area contributed by atoms with Gasteiger partial charge in [0.25, 0.3) is 0 Å². The van der Waals surface area contributed by atoms with Crippen molar-refractivity contribution in [1.29, 1.82) is 0 Å².